The van der Waals surface area contributed by atoms with Crippen molar-refractivity contribution in [3.63, 3.8) is 0 Å². The maximum atomic E-state index is 12.9. The van der Waals surface area contributed by atoms with Crippen molar-refractivity contribution in [3.05, 3.63) is 64.9 Å². The third-order valence-electron chi connectivity index (χ3n) is 6.31. The number of carbonyl (C=O) groups is 2. The molecule has 4 rings (SSSR count). The number of carboxylic acids is 1. The average Bonchev–Trinajstić information content (AvgIpc) is 3.63. The Kier molecular flexibility index (Phi) is 7.67. The zero-order valence-electron chi connectivity index (χ0n) is 20.2. The van der Waals surface area contributed by atoms with Crippen LogP contribution < -0.4 is 5.32 Å². The van der Waals surface area contributed by atoms with Gasteiger partial charge in [-0.25, -0.2) is 14.1 Å². The Morgan fingerprint density at radius 1 is 1.31 bits per heavy atom. The van der Waals surface area contributed by atoms with Gasteiger partial charge in [-0.2, -0.15) is 0 Å². The highest BCUT2D eigenvalue weighted by molar-refractivity contribution is 7.76. The van der Waals surface area contributed by atoms with E-state index in [0.717, 1.165) is 29.5 Å². The number of pyridine rings is 1. The largest absolute Gasteiger partial charge is 0.760 e. The number of benzene rings is 1. The number of hydrogen-bond acceptors (Lipinski definition) is 6. The second-order valence-electron chi connectivity index (χ2n) is 9.00. The van der Waals surface area contributed by atoms with Crippen molar-refractivity contribution < 1.29 is 27.9 Å². The molecular formula is C26H28N3O6S-. The molecule has 0 bridgehead atoms. The number of carboxylic acid groups (broad SMARTS) is 1. The van der Waals surface area contributed by atoms with Crippen LogP contribution in [0.2, 0.25) is 0 Å². The summed E-state index contributed by atoms with van der Waals surface area (Å²) in [7, 11) is 1.56. The molecule has 2 aromatic heterocycles. The minimum Gasteiger partial charge on any atom is -0.760 e. The van der Waals surface area contributed by atoms with E-state index in [1.54, 1.807) is 7.05 Å². The summed E-state index contributed by atoms with van der Waals surface area (Å²) in [6.07, 6.45) is 2.41. The van der Waals surface area contributed by atoms with Crippen molar-refractivity contribution in [2.45, 2.75) is 45.1 Å². The second-order valence-corrected chi connectivity index (χ2v) is 9.95. The first-order valence-corrected chi connectivity index (χ1v) is 12.7. The van der Waals surface area contributed by atoms with Gasteiger partial charge in [0.05, 0.1) is 23.2 Å². The van der Waals surface area contributed by atoms with E-state index in [9.17, 15) is 18.4 Å². The predicted molar refractivity (Wildman–Crippen MR) is 135 cm³/mol. The van der Waals surface area contributed by atoms with Crippen molar-refractivity contribution in [1.82, 2.24) is 14.6 Å². The predicted octanol–water partition coefficient (Wildman–Crippen LogP) is 4.06. The monoisotopic (exact) mass is 510 g/mol. The zero-order valence-corrected chi connectivity index (χ0v) is 21.0. The topological polar surface area (TPSA) is 136 Å². The normalized spacial score (nSPS) is 14.2. The van der Waals surface area contributed by atoms with Crippen LogP contribution in [0.5, 0.6) is 0 Å². The van der Waals surface area contributed by atoms with Crippen LogP contribution in [0.15, 0.2) is 46.9 Å². The highest BCUT2D eigenvalue weighted by Gasteiger charge is 2.31. The van der Waals surface area contributed by atoms with E-state index in [1.165, 1.54) is 4.31 Å². The number of aryl methyl sites for hydroxylation is 1. The van der Waals surface area contributed by atoms with E-state index in [4.69, 9.17) is 14.5 Å². The van der Waals surface area contributed by atoms with Crippen LogP contribution in [-0.4, -0.2) is 48.6 Å². The maximum Gasteiger partial charge on any atom is 0.330 e. The summed E-state index contributed by atoms with van der Waals surface area (Å²) in [6.45, 7) is 5.61. The molecule has 1 aliphatic carbocycles. The van der Waals surface area contributed by atoms with Crippen LogP contribution in [0.4, 0.5) is 0 Å². The molecule has 3 aromatic rings. The third kappa shape index (κ3) is 5.56. The minimum atomic E-state index is -2.53. The molecule has 10 heteroatoms. The lowest BCUT2D eigenvalue weighted by molar-refractivity contribution is -0.132. The lowest BCUT2D eigenvalue weighted by atomic mass is 10.0. The second kappa shape index (κ2) is 10.7. The number of rotatable bonds is 11. The maximum absolute atomic E-state index is 12.9. The van der Waals surface area contributed by atoms with Crippen LogP contribution in [0, 0.1) is 6.92 Å². The molecule has 2 heterocycles. The molecule has 1 amide bonds. The molecule has 190 valence electrons. The summed E-state index contributed by atoms with van der Waals surface area (Å²) < 4.78 is 31.2. The summed E-state index contributed by atoms with van der Waals surface area (Å²) in [4.78, 5) is 28.6. The fourth-order valence-corrected chi connectivity index (χ4v) is 4.66. The van der Waals surface area contributed by atoms with Crippen LogP contribution >= 0.6 is 0 Å². The Labute approximate surface area is 211 Å². The van der Waals surface area contributed by atoms with Crippen molar-refractivity contribution in [1.29, 1.82) is 0 Å². The molecule has 0 radical (unpaired) electrons. The molecule has 2 N–H and O–H groups in total. The molecule has 9 nitrogen and oxygen atoms in total. The SMILES string of the molecule is C=C(CCCN(Cc1nc2oc(-c3ccc(C)cc3)c(C(=O)NC)c2cc1C1CC1)S(=O)[O-])C(=O)O. The van der Waals surface area contributed by atoms with Crippen molar-refractivity contribution in [3.8, 4) is 11.3 Å². The number of nitrogens with one attached hydrogen (secondary N) is 1. The number of furan rings is 1. The fourth-order valence-electron chi connectivity index (χ4n) is 4.16. The van der Waals surface area contributed by atoms with Gasteiger partial charge in [0, 0.05) is 36.0 Å². The van der Waals surface area contributed by atoms with Gasteiger partial charge in [-0.1, -0.05) is 36.4 Å². The Bertz CT molecular complexity index is 1340. The van der Waals surface area contributed by atoms with Crippen LogP contribution in [0.1, 0.15) is 58.8 Å². The first-order valence-electron chi connectivity index (χ1n) is 11.7. The van der Waals surface area contributed by atoms with Gasteiger partial charge in [0.25, 0.3) is 5.91 Å². The lowest BCUT2D eigenvalue weighted by Crippen LogP contribution is -2.27. The first-order chi connectivity index (χ1) is 17.2. The zero-order chi connectivity index (χ0) is 26.0. The van der Waals surface area contributed by atoms with Gasteiger partial charge in [-0.3, -0.25) is 9.00 Å². The average molecular weight is 511 g/mol. The van der Waals surface area contributed by atoms with Gasteiger partial charge in [0.15, 0.2) is 0 Å². The van der Waals surface area contributed by atoms with E-state index in [-0.39, 0.29) is 42.6 Å². The molecule has 36 heavy (non-hydrogen) atoms. The standard InChI is InChI=1S/C26H29N3O6S/c1-15-6-8-18(9-7-15)23-22(24(30)27-3)20-13-19(17-10-11-17)21(28-25(20)35-23)14-29(36(33)34)12-4-5-16(2)26(31)32/h6-9,13,17H,2,4-5,10-12,14H2,1,3H3,(H,27,30)(H,31,32)(H,33,34)/p-1. The van der Waals surface area contributed by atoms with Crippen LogP contribution in [-0.2, 0) is 22.6 Å². The summed E-state index contributed by atoms with van der Waals surface area (Å²) in [5, 5.41) is 12.3. The molecule has 0 aliphatic heterocycles. The third-order valence-corrected chi connectivity index (χ3v) is 7.04. The summed E-state index contributed by atoms with van der Waals surface area (Å²) in [5.74, 6) is -0.739. The van der Waals surface area contributed by atoms with Crippen LogP contribution in [0.3, 0.4) is 0 Å². The van der Waals surface area contributed by atoms with Gasteiger partial charge in [0.2, 0.25) is 5.71 Å². The smallest absolute Gasteiger partial charge is 0.330 e. The highest BCUT2D eigenvalue weighted by atomic mass is 32.2. The Hall–Kier alpha value is -3.34. The van der Waals surface area contributed by atoms with Gasteiger partial charge in [-0.15, -0.1) is 0 Å². The number of aliphatic carboxylic acids is 1. The summed E-state index contributed by atoms with van der Waals surface area (Å²) in [5.41, 5.74) is 3.98. The van der Waals surface area contributed by atoms with Gasteiger partial charge >= 0.3 is 5.97 Å². The van der Waals surface area contributed by atoms with E-state index < -0.39 is 17.2 Å². The van der Waals surface area contributed by atoms with E-state index in [2.05, 4.69) is 11.9 Å². The Balaban J connectivity index is 1.73. The van der Waals surface area contributed by atoms with Gasteiger partial charge in [0.1, 0.15) is 5.76 Å². The van der Waals surface area contributed by atoms with Crippen molar-refractivity contribution >= 4 is 34.2 Å². The quantitative estimate of drug-likeness (QED) is 0.293. The van der Waals surface area contributed by atoms with Gasteiger partial charge < -0.3 is 19.4 Å². The van der Waals surface area contributed by atoms with Crippen LogP contribution in [0.25, 0.3) is 22.4 Å². The molecule has 0 saturated heterocycles. The molecule has 1 atom stereocenters. The molecule has 1 fully saturated rings. The number of hydrogen-bond donors (Lipinski definition) is 2. The summed E-state index contributed by atoms with van der Waals surface area (Å²) >= 11 is -2.53. The number of nitrogens with zero attached hydrogens (tertiary/aromatic N) is 2. The minimum absolute atomic E-state index is 0.0211. The van der Waals surface area contributed by atoms with Crippen molar-refractivity contribution in [2.24, 2.45) is 0 Å². The van der Waals surface area contributed by atoms with Gasteiger partial charge in [-0.05, 0) is 50.2 Å². The van der Waals surface area contributed by atoms with E-state index >= 15 is 0 Å². The molecule has 1 unspecified atom stereocenters. The summed E-state index contributed by atoms with van der Waals surface area (Å²) in [6, 6.07) is 9.54. The lowest BCUT2D eigenvalue weighted by Gasteiger charge is -2.24. The number of fused-ring (bicyclic) bond motifs is 1. The number of amides is 1. The molecule has 1 aliphatic rings. The number of aromatic nitrogens is 1. The molecule has 1 saturated carbocycles. The Morgan fingerprint density at radius 2 is 2.00 bits per heavy atom. The molecule has 0 spiro atoms. The number of carbonyl (C=O) groups excluding carboxylic acids is 1. The van der Waals surface area contributed by atoms with E-state index in [1.807, 2.05) is 37.3 Å². The first kappa shape index (κ1) is 25.7. The van der Waals surface area contributed by atoms with Crippen molar-refractivity contribution in [2.75, 3.05) is 13.6 Å². The van der Waals surface area contributed by atoms with E-state index in [0.29, 0.717) is 28.8 Å². The highest BCUT2D eigenvalue weighted by Crippen LogP contribution is 2.44. The molecular weight excluding hydrogens is 482 g/mol. The molecule has 1 aromatic carbocycles. The Morgan fingerprint density at radius 3 is 2.58 bits per heavy atom. The fraction of sp³-hybridized carbons (Fsp3) is 0.346.